The first kappa shape index (κ1) is 12.8. The van der Waals surface area contributed by atoms with Crippen molar-refractivity contribution in [3.8, 4) is 0 Å². The lowest BCUT2D eigenvalue weighted by Crippen LogP contribution is -2.35. The maximum atomic E-state index is 10.9. The van der Waals surface area contributed by atoms with Crippen LogP contribution in [0, 0.1) is 23.0 Å². The molecule has 1 heterocycles. The highest BCUT2D eigenvalue weighted by Crippen LogP contribution is 2.32. The molecule has 1 fully saturated rings. The Labute approximate surface area is 106 Å². The highest BCUT2D eigenvalue weighted by atomic mass is 16.6. The number of nitrogens with zero attached hydrogens (tertiary/aromatic N) is 2. The van der Waals surface area contributed by atoms with Gasteiger partial charge in [-0.1, -0.05) is 6.92 Å². The SMILES string of the molecule is Cc1cc(N2CCC(C)C2CO)cc([N+](=O)[O-])c1. The Morgan fingerprint density at radius 1 is 1.50 bits per heavy atom. The third-order valence-corrected chi connectivity index (χ3v) is 3.66. The summed E-state index contributed by atoms with van der Waals surface area (Å²) in [4.78, 5) is 12.6. The van der Waals surface area contributed by atoms with Gasteiger partial charge in [0, 0.05) is 24.4 Å². The molecule has 1 aliphatic rings. The summed E-state index contributed by atoms with van der Waals surface area (Å²) in [6.45, 7) is 4.88. The van der Waals surface area contributed by atoms with E-state index in [4.69, 9.17) is 0 Å². The lowest BCUT2D eigenvalue weighted by atomic mass is 10.0. The molecule has 5 nitrogen and oxygen atoms in total. The average molecular weight is 250 g/mol. The highest BCUT2D eigenvalue weighted by molar-refractivity contribution is 5.57. The second-order valence-electron chi connectivity index (χ2n) is 4.99. The number of nitro benzene ring substituents is 1. The number of benzene rings is 1. The van der Waals surface area contributed by atoms with Gasteiger partial charge in [-0.15, -0.1) is 0 Å². The zero-order chi connectivity index (χ0) is 13.3. The molecule has 2 unspecified atom stereocenters. The van der Waals surface area contributed by atoms with Crippen LogP contribution in [-0.4, -0.2) is 29.2 Å². The smallest absolute Gasteiger partial charge is 0.271 e. The molecule has 5 heteroatoms. The van der Waals surface area contributed by atoms with Gasteiger partial charge in [-0.3, -0.25) is 10.1 Å². The van der Waals surface area contributed by atoms with Crippen molar-refractivity contribution in [2.24, 2.45) is 5.92 Å². The maximum absolute atomic E-state index is 10.9. The van der Waals surface area contributed by atoms with Crippen LogP contribution in [0.15, 0.2) is 18.2 Å². The van der Waals surface area contributed by atoms with Gasteiger partial charge < -0.3 is 10.0 Å². The Balaban J connectivity index is 2.36. The summed E-state index contributed by atoms with van der Waals surface area (Å²) in [5.41, 5.74) is 1.82. The Kier molecular flexibility index (Phi) is 3.52. The number of aliphatic hydroxyl groups is 1. The van der Waals surface area contributed by atoms with E-state index in [0.29, 0.717) is 5.92 Å². The molecular weight excluding hydrogens is 232 g/mol. The van der Waals surface area contributed by atoms with E-state index in [1.54, 1.807) is 12.1 Å². The zero-order valence-electron chi connectivity index (χ0n) is 10.7. The summed E-state index contributed by atoms with van der Waals surface area (Å²) in [5.74, 6) is 0.412. The van der Waals surface area contributed by atoms with E-state index in [-0.39, 0.29) is 23.3 Å². The minimum atomic E-state index is -0.371. The predicted octanol–water partition coefficient (Wildman–Crippen LogP) is 2.11. The van der Waals surface area contributed by atoms with E-state index >= 15 is 0 Å². The van der Waals surface area contributed by atoms with E-state index in [9.17, 15) is 15.2 Å². The Morgan fingerprint density at radius 2 is 2.22 bits per heavy atom. The van der Waals surface area contributed by atoms with Crippen LogP contribution in [0.2, 0.25) is 0 Å². The maximum Gasteiger partial charge on any atom is 0.271 e. The number of hydrogen-bond acceptors (Lipinski definition) is 4. The van der Waals surface area contributed by atoms with Crippen molar-refractivity contribution < 1.29 is 10.0 Å². The number of rotatable bonds is 3. The van der Waals surface area contributed by atoms with Crippen LogP contribution in [0.25, 0.3) is 0 Å². The van der Waals surface area contributed by atoms with E-state index in [1.807, 2.05) is 13.0 Å². The van der Waals surface area contributed by atoms with Crippen LogP contribution in [-0.2, 0) is 0 Å². The van der Waals surface area contributed by atoms with E-state index in [1.165, 1.54) is 0 Å². The highest BCUT2D eigenvalue weighted by Gasteiger charge is 2.31. The van der Waals surface area contributed by atoms with Crippen molar-refractivity contribution in [2.75, 3.05) is 18.1 Å². The third kappa shape index (κ3) is 2.31. The molecule has 98 valence electrons. The van der Waals surface area contributed by atoms with Crippen LogP contribution in [0.1, 0.15) is 18.9 Å². The summed E-state index contributed by atoms with van der Waals surface area (Å²) in [6.07, 6.45) is 1.01. The van der Waals surface area contributed by atoms with Crippen molar-refractivity contribution in [3.05, 3.63) is 33.9 Å². The summed E-state index contributed by atoms with van der Waals surface area (Å²) < 4.78 is 0. The molecule has 18 heavy (non-hydrogen) atoms. The van der Waals surface area contributed by atoms with Gasteiger partial charge in [0.15, 0.2) is 0 Å². The molecule has 1 aromatic carbocycles. The number of anilines is 1. The van der Waals surface area contributed by atoms with Gasteiger partial charge in [0.05, 0.1) is 17.6 Å². The van der Waals surface area contributed by atoms with E-state index < -0.39 is 0 Å². The molecule has 0 spiro atoms. The topological polar surface area (TPSA) is 66.6 Å². The molecule has 0 saturated carbocycles. The second-order valence-corrected chi connectivity index (χ2v) is 4.99. The summed E-state index contributed by atoms with van der Waals surface area (Å²) in [5, 5.41) is 20.3. The van der Waals surface area contributed by atoms with Crippen LogP contribution < -0.4 is 4.90 Å². The fraction of sp³-hybridized carbons (Fsp3) is 0.538. The number of non-ortho nitro benzene ring substituents is 1. The molecule has 2 rings (SSSR count). The number of aliphatic hydroxyl groups excluding tert-OH is 1. The summed E-state index contributed by atoms with van der Waals surface area (Å²) in [7, 11) is 0. The fourth-order valence-corrected chi connectivity index (χ4v) is 2.62. The first-order chi connectivity index (χ1) is 8.52. The van der Waals surface area contributed by atoms with Gasteiger partial charge in [-0.2, -0.15) is 0 Å². The van der Waals surface area contributed by atoms with Gasteiger partial charge >= 0.3 is 0 Å². The molecule has 2 atom stereocenters. The molecule has 1 aliphatic heterocycles. The standard InChI is InChI=1S/C13H18N2O3/c1-9-5-11(7-12(6-9)15(17)18)14-4-3-10(2)13(14)8-16/h5-7,10,13,16H,3-4,8H2,1-2H3. The number of aryl methyl sites for hydroxylation is 1. The van der Waals surface area contributed by atoms with E-state index in [0.717, 1.165) is 24.2 Å². The zero-order valence-corrected chi connectivity index (χ0v) is 10.7. The molecule has 1 N–H and O–H groups in total. The molecule has 0 bridgehead atoms. The normalized spacial score (nSPS) is 23.4. The Bertz CT molecular complexity index is 462. The van der Waals surface area contributed by atoms with E-state index in [2.05, 4.69) is 11.8 Å². The van der Waals surface area contributed by atoms with Crippen molar-refractivity contribution >= 4 is 11.4 Å². The van der Waals surface area contributed by atoms with Crippen LogP contribution in [0.3, 0.4) is 0 Å². The monoisotopic (exact) mass is 250 g/mol. The van der Waals surface area contributed by atoms with Gasteiger partial charge in [-0.25, -0.2) is 0 Å². The van der Waals surface area contributed by atoms with Gasteiger partial charge in [0.25, 0.3) is 5.69 Å². The molecule has 0 amide bonds. The van der Waals surface area contributed by atoms with Crippen molar-refractivity contribution in [2.45, 2.75) is 26.3 Å². The summed E-state index contributed by atoms with van der Waals surface area (Å²) >= 11 is 0. The Morgan fingerprint density at radius 3 is 2.83 bits per heavy atom. The van der Waals surface area contributed by atoms with Gasteiger partial charge in [0.1, 0.15) is 0 Å². The number of hydrogen-bond donors (Lipinski definition) is 1. The third-order valence-electron chi connectivity index (χ3n) is 3.66. The van der Waals surface area contributed by atoms with Crippen LogP contribution in [0.4, 0.5) is 11.4 Å². The number of nitro groups is 1. The minimum Gasteiger partial charge on any atom is -0.394 e. The molecule has 0 aromatic heterocycles. The largest absolute Gasteiger partial charge is 0.394 e. The van der Waals surface area contributed by atoms with Gasteiger partial charge in [0.2, 0.25) is 0 Å². The fourth-order valence-electron chi connectivity index (χ4n) is 2.62. The first-order valence-corrected chi connectivity index (χ1v) is 6.16. The molecule has 1 saturated heterocycles. The summed E-state index contributed by atoms with van der Waals surface area (Å²) in [6, 6.07) is 5.16. The van der Waals surface area contributed by atoms with Gasteiger partial charge in [-0.05, 0) is 30.9 Å². The molecular formula is C13H18N2O3. The van der Waals surface area contributed by atoms with Crippen molar-refractivity contribution in [1.82, 2.24) is 0 Å². The van der Waals surface area contributed by atoms with Crippen LogP contribution >= 0.6 is 0 Å². The average Bonchev–Trinajstić information content (AvgIpc) is 2.69. The molecule has 0 radical (unpaired) electrons. The lowest BCUT2D eigenvalue weighted by molar-refractivity contribution is -0.384. The lowest BCUT2D eigenvalue weighted by Gasteiger charge is -2.27. The minimum absolute atomic E-state index is 0.0615. The molecule has 1 aromatic rings. The second kappa shape index (κ2) is 4.94. The van der Waals surface area contributed by atoms with Crippen molar-refractivity contribution in [1.29, 1.82) is 0 Å². The first-order valence-electron chi connectivity index (χ1n) is 6.16. The van der Waals surface area contributed by atoms with Crippen molar-refractivity contribution in [3.63, 3.8) is 0 Å². The quantitative estimate of drug-likeness (QED) is 0.659. The van der Waals surface area contributed by atoms with Crippen LogP contribution in [0.5, 0.6) is 0 Å². The molecule has 0 aliphatic carbocycles. The Hall–Kier alpha value is -1.62. The predicted molar refractivity (Wildman–Crippen MR) is 69.8 cm³/mol.